The van der Waals surface area contributed by atoms with E-state index in [2.05, 4.69) is 15.6 Å². The predicted molar refractivity (Wildman–Crippen MR) is 85.3 cm³/mol. The van der Waals surface area contributed by atoms with Crippen LogP contribution in [-0.2, 0) is 16.6 Å². The number of aryl methyl sites for hydroxylation is 1. The molecule has 0 fully saturated rings. The molecule has 0 bridgehead atoms. The second-order valence-electron chi connectivity index (χ2n) is 5.41. The molecule has 0 saturated carbocycles. The van der Waals surface area contributed by atoms with Gasteiger partial charge in [-0.2, -0.15) is 0 Å². The Morgan fingerprint density at radius 3 is 2.71 bits per heavy atom. The number of hydrogen-bond acceptors (Lipinski definition) is 5. The molecule has 0 saturated heterocycles. The van der Waals surface area contributed by atoms with Crippen molar-refractivity contribution in [3.63, 3.8) is 0 Å². The number of carboxylic acid groups (broad SMARTS) is 1. The smallest absolute Gasteiger partial charge is 0.326 e. The third-order valence-electron chi connectivity index (χ3n) is 3.67. The molecule has 128 valence electrons. The zero-order chi connectivity index (χ0) is 17.9. The first-order valence-electron chi connectivity index (χ1n) is 7.39. The van der Waals surface area contributed by atoms with E-state index in [-0.39, 0.29) is 19.0 Å². The maximum atomic E-state index is 12.7. The lowest BCUT2D eigenvalue weighted by Crippen LogP contribution is -2.46. The van der Waals surface area contributed by atoms with Crippen LogP contribution in [0.15, 0.2) is 18.2 Å². The number of carboxylic acids is 1. The van der Waals surface area contributed by atoms with Crippen LogP contribution in [0.2, 0.25) is 0 Å². The van der Waals surface area contributed by atoms with E-state index in [9.17, 15) is 19.5 Å². The molecular weight excluding hydrogens is 314 g/mol. The maximum absolute atomic E-state index is 12.7. The van der Waals surface area contributed by atoms with Crippen LogP contribution in [0.1, 0.15) is 24.2 Å². The van der Waals surface area contributed by atoms with Crippen molar-refractivity contribution in [2.24, 2.45) is 7.05 Å². The van der Waals surface area contributed by atoms with Gasteiger partial charge in [0.1, 0.15) is 11.6 Å². The highest BCUT2D eigenvalue weighted by Crippen LogP contribution is 2.15. The molecule has 0 spiro atoms. The number of aliphatic carboxylic acids is 1. The van der Waals surface area contributed by atoms with Gasteiger partial charge in [-0.15, -0.1) is 5.10 Å². The van der Waals surface area contributed by atoms with Gasteiger partial charge in [-0.05, 0) is 25.1 Å². The Labute approximate surface area is 138 Å². The van der Waals surface area contributed by atoms with Crippen molar-refractivity contribution in [2.45, 2.75) is 19.9 Å². The average Bonchev–Trinajstić information content (AvgIpc) is 2.90. The van der Waals surface area contributed by atoms with E-state index in [4.69, 9.17) is 0 Å². The molecule has 1 atom stereocenters. The van der Waals surface area contributed by atoms with Crippen molar-refractivity contribution in [3.8, 4) is 0 Å². The Kier molecular flexibility index (Phi) is 5.12. The monoisotopic (exact) mass is 333 g/mol. The molecule has 1 aromatic carbocycles. The first kappa shape index (κ1) is 17.4. The molecule has 1 heterocycles. The van der Waals surface area contributed by atoms with Gasteiger partial charge in [0.15, 0.2) is 0 Å². The first-order valence-corrected chi connectivity index (χ1v) is 7.39. The molecule has 2 rings (SSSR count). The molecule has 2 aromatic rings. The van der Waals surface area contributed by atoms with Crippen LogP contribution in [0.3, 0.4) is 0 Å². The third kappa shape index (κ3) is 3.67. The summed E-state index contributed by atoms with van der Waals surface area (Å²) in [4.78, 5) is 36.2. The minimum Gasteiger partial charge on any atom is -0.480 e. The summed E-state index contributed by atoms with van der Waals surface area (Å²) in [5.74, 6) is -1.80. The Hall–Kier alpha value is -2.97. The Balaban J connectivity index is 2.26. The quantitative estimate of drug-likeness (QED) is 0.769. The summed E-state index contributed by atoms with van der Waals surface area (Å²) in [6.07, 6.45) is 0. The van der Waals surface area contributed by atoms with Crippen LogP contribution in [0, 0.1) is 0 Å². The van der Waals surface area contributed by atoms with Gasteiger partial charge in [-0.3, -0.25) is 9.59 Å². The second kappa shape index (κ2) is 7.07. The van der Waals surface area contributed by atoms with E-state index in [1.54, 1.807) is 29.9 Å². The van der Waals surface area contributed by atoms with Crippen LogP contribution in [0.4, 0.5) is 0 Å². The summed E-state index contributed by atoms with van der Waals surface area (Å²) in [6.45, 7) is 3.04. The number of nitrogens with zero attached hydrogens (tertiary/aromatic N) is 4. The van der Waals surface area contributed by atoms with Gasteiger partial charge in [0.05, 0.1) is 5.52 Å². The summed E-state index contributed by atoms with van der Waals surface area (Å²) in [6, 6.07) is 3.86. The summed E-state index contributed by atoms with van der Waals surface area (Å²) in [5.41, 5.74) is 1.63. The van der Waals surface area contributed by atoms with Gasteiger partial charge in [0.2, 0.25) is 5.91 Å². The number of aromatic nitrogens is 3. The van der Waals surface area contributed by atoms with E-state index >= 15 is 0 Å². The molecule has 9 heteroatoms. The van der Waals surface area contributed by atoms with Crippen molar-refractivity contribution in [3.05, 3.63) is 23.8 Å². The third-order valence-corrected chi connectivity index (χ3v) is 3.67. The average molecular weight is 333 g/mol. The van der Waals surface area contributed by atoms with Crippen LogP contribution in [-0.4, -0.2) is 61.9 Å². The normalized spacial score (nSPS) is 12.0. The van der Waals surface area contributed by atoms with Crippen LogP contribution in [0.5, 0.6) is 0 Å². The summed E-state index contributed by atoms with van der Waals surface area (Å²) < 4.78 is 1.58. The van der Waals surface area contributed by atoms with E-state index in [1.165, 1.54) is 18.7 Å². The van der Waals surface area contributed by atoms with Gasteiger partial charge in [0, 0.05) is 32.6 Å². The molecule has 0 radical (unpaired) electrons. The fraction of sp³-hybridized carbons (Fsp3) is 0.400. The van der Waals surface area contributed by atoms with Crippen molar-refractivity contribution >= 4 is 28.8 Å². The standard InChI is InChI=1S/C15H19N5O4/c1-9(15(23)24)20(7-6-16-10(2)21)14(22)11-4-5-13-12(8-11)17-18-19(13)3/h4-5,8-9H,6-7H2,1-3H3,(H,16,21)(H,23,24). The fourth-order valence-corrected chi connectivity index (χ4v) is 2.30. The molecule has 0 aliphatic carbocycles. The molecular formula is C15H19N5O4. The number of nitrogens with one attached hydrogen (secondary N) is 1. The van der Waals surface area contributed by atoms with Gasteiger partial charge < -0.3 is 15.3 Å². The van der Waals surface area contributed by atoms with Gasteiger partial charge in [-0.25, -0.2) is 9.48 Å². The lowest BCUT2D eigenvalue weighted by molar-refractivity contribution is -0.141. The molecule has 24 heavy (non-hydrogen) atoms. The van der Waals surface area contributed by atoms with Crippen LogP contribution >= 0.6 is 0 Å². The lowest BCUT2D eigenvalue weighted by Gasteiger charge is -2.26. The zero-order valence-corrected chi connectivity index (χ0v) is 13.7. The Bertz CT molecular complexity index is 785. The molecule has 2 N–H and O–H groups in total. The number of hydrogen-bond donors (Lipinski definition) is 2. The highest BCUT2D eigenvalue weighted by molar-refractivity contribution is 5.99. The summed E-state index contributed by atoms with van der Waals surface area (Å²) in [7, 11) is 1.74. The number of carbonyl (C=O) groups excluding carboxylic acids is 2. The lowest BCUT2D eigenvalue weighted by atomic mass is 10.1. The van der Waals surface area contributed by atoms with Crippen molar-refractivity contribution in [1.29, 1.82) is 0 Å². The fourth-order valence-electron chi connectivity index (χ4n) is 2.30. The number of amides is 2. The molecule has 1 unspecified atom stereocenters. The number of carbonyl (C=O) groups is 3. The Morgan fingerprint density at radius 2 is 2.08 bits per heavy atom. The van der Waals surface area contributed by atoms with Crippen LogP contribution < -0.4 is 5.32 Å². The van der Waals surface area contributed by atoms with Crippen molar-refractivity contribution in [2.75, 3.05) is 13.1 Å². The highest BCUT2D eigenvalue weighted by Gasteiger charge is 2.26. The molecule has 0 aliphatic heterocycles. The largest absolute Gasteiger partial charge is 0.480 e. The van der Waals surface area contributed by atoms with E-state index in [0.717, 1.165) is 5.52 Å². The minimum atomic E-state index is -1.12. The Morgan fingerprint density at radius 1 is 1.38 bits per heavy atom. The van der Waals surface area contributed by atoms with Gasteiger partial charge in [-0.1, -0.05) is 5.21 Å². The van der Waals surface area contributed by atoms with Crippen LogP contribution in [0.25, 0.3) is 11.0 Å². The minimum absolute atomic E-state index is 0.0877. The van der Waals surface area contributed by atoms with E-state index in [0.29, 0.717) is 11.1 Å². The van der Waals surface area contributed by atoms with Crippen molar-refractivity contribution < 1.29 is 19.5 Å². The highest BCUT2D eigenvalue weighted by atomic mass is 16.4. The molecule has 1 aromatic heterocycles. The molecule has 0 aliphatic rings. The van der Waals surface area contributed by atoms with Gasteiger partial charge >= 0.3 is 5.97 Å². The van der Waals surface area contributed by atoms with Gasteiger partial charge in [0.25, 0.3) is 5.91 Å². The zero-order valence-electron chi connectivity index (χ0n) is 13.7. The van der Waals surface area contributed by atoms with E-state index < -0.39 is 17.9 Å². The second-order valence-corrected chi connectivity index (χ2v) is 5.41. The van der Waals surface area contributed by atoms with E-state index in [1.807, 2.05) is 0 Å². The maximum Gasteiger partial charge on any atom is 0.326 e. The number of rotatable bonds is 6. The summed E-state index contributed by atoms with van der Waals surface area (Å²) in [5, 5.41) is 19.6. The number of benzene rings is 1. The van der Waals surface area contributed by atoms with Crippen molar-refractivity contribution in [1.82, 2.24) is 25.2 Å². The number of fused-ring (bicyclic) bond motifs is 1. The molecule has 9 nitrogen and oxygen atoms in total. The first-order chi connectivity index (χ1) is 11.3. The molecule has 2 amide bonds. The predicted octanol–water partition coefficient (Wildman–Crippen LogP) is 0.0197. The topological polar surface area (TPSA) is 117 Å². The summed E-state index contributed by atoms with van der Waals surface area (Å²) >= 11 is 0. The SMILES string of the molecule is CC(=O)NCCN(C(=O)c1ccc2c(c1)nnn2C)C(C)C(=O)O.